The molecule has 7 unspecified atom stereocenters. The molecule has 3 aliphatic rings. The molecule has 0 saturated heterocycles. The number of aliphatic hydroxyl groups is 1. The van der Waals surface area contributed by atoms with Crippen LogP contribution < -0.4 is 0 Å². The fraction of sp³-hybridized carbons (Fsp3) is 0.900. The molecule has 0 aromatic carbocycles. The minimum absolute atomic E-state index is 0.0950. The lowest BCUT2D eigenvalue weighted by molar-refractivity contribution is -0.160. The molecule has 3 saturated carbocycles. The van der Waals surface area contributed by atoms with Gasteiger partial charge in [0.2, 0.25) is 0 Å². The third kappa shape index (κ3) is 1.99. The molecule has 3 rings (SSSR count). The van der Waals surface area contributed by atoms with Gasteiger partial charge >= 0.3 is 0 Å². The number of hydrogen-bond donors (Lipinski definition) is 1. The van der Waals surface area contributed by atoms with Crippen LogP contribution in [0.2, 0.25) is 0 Å². The van der Waals surface area contributed by atoms with Gasteiger partial charge in [0.05, 0.1) is 6.10 Å². The standard InChI is InChI=1S/C20H34O/c1-6-18(4)12-15(3)20-10-7-8-16(20)19(5,17(21)13-18)14(2)9-11-20/h6,14-17,21H,1,7-13H2,2-5H3. The maximum Gasteiger partial charge on any atom is 0.0607 e. The van der Waals surface area contributed by atoms with Crippen molar-refractivity contribution < 1.29 is 5.11 Å². The Hall–Kier alpha value is -0.300. The Morgan fingerprint density at radius 3 is 2.43 bits per heavy atom. The summed E-state index contributed by atoms with van der Waals surface area (Å²) in [6, 6.07) is 0. The smallest absolute Gasteiger partial charge is 0.0607 e. The van der Waals surface area contributed by atoms with E-state index in [-0.39, 0.29) is 16.9 Å². The van der Waals surface area contributed by atoms with E-state index in [1.165, 1.54) is 38.5 Å². The minimum Gasteiger partial charge on any atom is -0.393 e. The molecule has 0 aromatic rings. The highest BCUT2D eigenvalue weighted by molar-refractivity contribution is 5.13. The minimum atomic E-state index is -0.175. The normalized spacial score (nSPS) is 57.2. The highest BCUT2D eigenvalue weighted by atomic mass is 16.3. The molecule has 7 atom stereocenters. The largest absolute Gasteiger partial charge is 0.393 e. The van der Waals surface area contributed by atoms with Crippen molar-refractivity contribution in [2.45, 2.75) is 78.7 Å². The van der Waals surface area contributed by atoms with E-state index in [1.807, 2.05) is 0 Å². The van der Waals surface area contributed by atoms with Crippen molar-refractivity contribution in [3.63, 3.8) is 0 Å². The predicted molar refractivity (Wildman–Crippen MR) is 89.0 cm³/mol. The average molecular weight is 290 g/mol. The highest BCUT2D eigenvalue weighted by Crippen LogP contribution is 2.68. The van der Waals surface area contributed by atoms with Crippen LogP contribution >= 0.6 is 0 Å². The molecule has 1 nitrogen and oxygen atoms in total. The molecule has 1 N–H and O–H groups in total. The summed E-state index contributed by atoms with van der Waals surface area (Å²) < 4.78 is 0. The molecule has 3 fully saturated rings. The molecule has 0 heterocycles. The second kappa shape index (κ2) is 4.85. The average Bonchev–Trinajstić information content (AvgIpc) is 2.88. The molecule has 0 aliphatic heterocycles. The van der Waals surface area contributed by atoms with E-state index in [2.05, 4.69) is 40.3 Å². The molecule has 0 amide bonds. The molecular formula is C20H34O. The van der Waals surface area contributed by atoms with Gasteiger partial charge in [0.15, 0.2) is 0 Å². The molecule has 21 heavy (non-hydrogen) atoms. The lowest BCUT2D eigenvalue weighted by Crippen LogP contribution is -2.57. The quantitative estimate of drug-likeness (QED) is 0.659. The van der Waals surface area contributed by atoms with E-state index < -0.39 is 0 Å². The van der Waals surface area contributed by atoms with E-state index in [9.17, 15) is 5.11 Å². The number of allylic oxidation sites excluding steroid dienone is 1. The van der Waals surface area contributed by atoms with Crippen LogP contribution in [-0.2, 0) is 0 Å². The van der Waals surface area contributed by atoms with Gasteiger partial charge in [-0.2, -0.15) is 0 Å². The molecule has 3 aliphatic carbocycles. The first-order valence-corrected chi connectivity index (χ1v) is 9.10. The third-order valence-corrected chi connectivity index (χ3v) is 8.31. The summed E-state index contributed by atoms with van der Waals surface area (Å²) in [5.74, 6) is 2.13. The first-order valence-electron chi connectivity index (χ1n) is 9.10. The Morgan fingerprint density at radius 2 is 1.76 bits per heavy atom. The van der Waals surface area contributed by atoms with Crippen molar-refractivity contribution in [2.24, 2.45) is 34.0 Å². The number of hydrogen-bond acceptors (Lipinski definition) is 1. The van der Waals surface area contributed by atoms with Gasteiger partial charge in [0.1, 0.15) is 0 Å². The first kappa shape index (κ1) is 15.6. The fourth-order valence-electron chi connectivity index (χ4n) is 6.68. The SMILES string of the molecule is C=CC1(C)CC(C)C23CCCC2C(C)(C(C)CC3)C(O)C1. The van der Waals surface area contributed by atoms with Gasteiger partial charge in [-0.3, -0.25) is 0 Å². The van der Waals surface area contributed by atoms with E-state index in [0.29, 0.717) is 11.3 Å². The number of rotatable bonds is 1. The molecule has 1 heteroatoms. The highest BCUT2D eigenvalue weighted by Gasteiger charge is 2.62. The zero-order chi connectivity index (χ0) is 15.5. The summed E-state index contributed by atoms with van der Waals surface area (Å²) in [6.45, 7) is 13.7. The molecule has 2 bridgehead atoms. The topological polar surface area (TPSA) is 20.2 Å². The van der Waals surface area contributed by atoms with E-state index in [1.54, 1.807) is 0 Å². The van der Waals surface area contributed by atoms with Crippen molar-refractivity contribution >= 4 is 0 Å². The van der Waals surface area contributed by atoms with Crippen molar-refractivity contribution in [1.29, 1.82) is 0 Å². The lowest BCUT2D eigenvalue weighted by atomic mass is 9.44. The Labute approximate surface area is 131 Å². The van der Waals surface area contributed by atoms with Crippen molar-refractivity contribution in [1.82, 2.24) is 0 Å². The summed E-state index contributed by atoms with van der Waals surface area (Å²) >= 11 is 0. The van der Waals surface area contributed by atoms with Crippen LogP contribution in [0.5, 0.6) is 0 Å². The maximum absolute atomic E-state index is 11.2. The second-order valence-electron chi connectivity index (χ2n) is 9.17. The van der Waals surface area contributed by atoms with Crippen LogP contribution in [0.3, 0.4) is 0 Å². The Morgan fingerprint density at radius 1 is 1.05 bits per heavy atom. The van der Waals surface area contributed by atoms with E-state index in [0.717, 1.165) is 18.3 Å². The van der Waals surface area contributed by atoms with Gasteiger partial charge in [-0.15, -0.1) is 6.58 Å². The van der Waals surface area contributed by atoms with E-state index >= 15 is 0 Å². The molecule has 120 valence electrons. The third-order valence-electron chi connectivity index (χ3n) is 8.31. The Balaban J connectivity index is 2.10. The zero-order valence-electron chi connectivity index (χ0n) is 14.5. The van der Waals surface area contributed by atoms with Crippen molar-refractivity contribution in [3.8, 4) is 0 Å². The van der Waals surface area contributed by atoms with Gasteiger partial charge in [0, 0.05) is 0 Å². The van der Waals surface area contributed by atoms with Crippen LogP contribution in [0.15, 0.2) is 12.7 Å². The molecule has 0 aromatic heterocycles. The Kier molecular flexibility index (Phi) is 3.60. The predicted octanol–water partition coefficient (Wildman–Crippen LogP) is 5.19. The van der Waals surface area contributed by atoms with Crippen molar-refractivity contribution in [3.05, 3.63) is 12.7 Å². The van der Waals surface area contributed by atoms with Gasteiger partial charge in [-0.1, -0.05) is 40.2 Å². The first-order chi connectivity index (χ1) is 9.78. The molecular weight excluding hydrogens is 256 g/mol. The van der Waals surface area contributed by atoms with Crippen LogP contribution in [0, 0.1) is 34.0 Å². The van der Waals surface area contributed by atoms with Gasteiger partial charge in [-0.05, 0) is 72.5 Å². The summed E-state index contributed by atoms with van der Waals surface area (Å²) in [5, 5.41) is 11.2. The van der Waals surface area contributed by atoms with Crippen LogP contribution in [-0.4, -0.2) is 11.2 Å². The van der Waals surface area contributed by atoms with Gasteiger partial charge in [0.25, 0.3) is 0 Å². The van der Waals surface area contributed by atoms with Crippen LogP contribution in [0.1, 0.15) is 72.6 Å². The van der Waals surface area contributed by atoms with Crippen molar-refractivity contribution in [2.75, 3.05) is 0 Å². The summed E-state index contributed by atoms with van der Waals surface area (Å²) in [6.07, 6.45) is 10.8. The maximum atomic E-state index is 11.2. The summed E-state index contributed by atoms with van der Waals surface area (Å²) in [5.41, 5.74) is 0.693. The Bertz CT molecular complexity index is 430. The summed E-state index contributed by atoms with van der Waals surface area (Å²) in [7, 11) is 0. The summed E-state index contributed by atoms with van der Waals surface area (Å²) in [4.78, 5) is 0. The van der Waals surface area contributed by atoms with Crippen LogP contribution in [0.4, 0.5) is 0 Å². The van der Waals surface area contributed by atoms with Gasteiger partial charge < -0.3 is 5.11 Å². The number of aliphatic hydroxyl groups excluding tert-OH is 1. The fourth-order valence-corrected chi connectivity index (χ4v) is 6.68. The van der Waals surface area contributed by atoms with E-state index in [4.69, 9.17) is 0 Å². The molecule has 0 spiro atoms. The second-order valence-corrected chi connectivity index (χ2v) is 9.17. The van der Waals surface area contributed by atoms with Crippen LogP contribution in [0.25, 0.3) is 0 Å². The lowest BCUT2D eigenvalue weighted by Gasteiger charge is -2.61. The molecule has 0 radical (unpaired) electrons. The monoisotopic (exact) mass is 290 g/mol. The van der Waals surface area contributed by atoms with Gasteiger partial charge in [-0.25, -0.2) is 0 Å². The zero-order valence-corrected chi connectivity index (χ0v) is 14.5.